The Labute approximate surface area is 169 Å². The van der Waals surface area contributed by atoms with E-state index in [-0.39, 0.29) is 17.1 Å². The number of allylic oxidation sites excluding steroid dienone is 1. The van der Waals surface area contributed by atoms with Crippen molar-refractivity contribution in [3.8, 4) is 17.5 Å². The summed E-state index contributed by atoms with van der Waals surface area (Å²) in [6.07, 6.45) is 0. The SMILES string of the molecule is Cc1ccccc1-c1nnc(SC/C(O)=C(\C#N)c2nc3ccccc3s2)o1. The average Bonchev–Trinajstić information content (AvgIpc) is 3.34. The number of hydrogen-bond donors (Lipinski definition) is 1. The van der Waals surface area contributed by atoms with Gasteiger partial charge in [0.2, 0.25) is 5.89 Å². The average molecular weight is 406 g/mol. The van der Waals surface area contributed by atoms with Crippen LogP contribution < -0.4 is 0 Å². The van der Waals surface area contributed by atoms with E-state index in [0.29, 0.717) is 16.1 Å². The Morgan fingerprint density at radius 2 is 1.96 bits per heavy atom. The molecule has 0 fully saturated rings. The zero-order chi connectivity index (χ0) is 19.5. The van der Waals surface area contributed by atoms with E-state index >= 15 is 0 Å². The first kappa shape index (κ1) is 18.2. The second-order valence-corrected chi connectivity index (χ2v) is 7.85. The van der Waals surface area contributed by atoms with Crippen LogP contribution in [0, 0.1) is 18.3 Å². The number of benzene rings is 2. The van der Waals surface area contributed by atoms with Gasteiger partial charge in [-0.05, 0) is 30.7 Å². The summed E-state index contributed by atoms with van der Waals surface area (Å²) in [5.41, 5.74) is 2.87. The number of aryl methyl sites for hydroxylation is 1. The molecule has 4 rings (SSSR count). The van der Waals surface area contributed by atoms with Gasteiger partial charge in [0, 0.05) is 5.56 Å². The van der Waals surface area contributed by atoms with Gasteiger partial charge in [0.05, 0.1) is 16.0 Å². The fraction of sp³-hybridized carbons (Fsp3) is 0.100. The summed E-state index contributed by atoms with van der Waals surface area (Å²) in [5, 5.41) is 28.8. The first-order valence-electron chi connectivity index (χ1n) is 8.36. The Hall–Kier alpha value is -3.15. The van der Waals surface area contributed by atoms with E-state index in [0.717, 1.165) is 21.3 Å². The lowest BCUT2D eigenvalue weighted by Gasteiger charge is -2.00. The first-order chi connectivity index (χ1) is 13.7. The van der Waals surface area contributed by atoms with E-state index in [1.54, 1.807) is 0 Å². The van der Waals surface area contributed by atoms with E-state index in [2.05, 4.69) is 21.3 Å². The molecule has 0 atom stereocenters. The van der Waals surface area contributed by atoms with Crippen molar-refractivity contribution in [2.24, 2.45) is 0 Å². The van der Waals surface area contributed by atoms with Crippen LogP contribution in [0.1, 0.15) is 10.6 Å². The van der Waals surface area contributed by atoms with Crippen molar-refractivity contribution in [1.29, 1.82) is 5.26 Å². The van der Waals surface area contributed by atoms with Crippen LogP contribution in [0.25, 0.3) is 27.2 Å². The highest BCUT2D eigenvalue weighted by atomic mass is 32.2. The smallest absolute Gasteiger partial charge is 0.277 e. The maximum Gasteiger partial charge on any atom is 0.277 e. The Morgan fingerprint density at radius 1 is 1.18 bits per heavy atom. The molecule has 2 aromatic heterocycles. The molecule has 0 amide bonds. The molecule has 2 aromatic carbocycles. The Balaban J connectivity index is 1.53. The fourth-order valence-electron chi connectivity index (χ4n) is 2.61. The van der Waals surface area contributed by atoms with E-state index in [1.165, 1.54) is 23.1 Å². The lowest BCUT2D eigenvalue weighted by atomic mass is 10.1. The van der Waals surface area contributed by atoms with Crippen LogP contribution in [0.3, 0.4) is 0 Å². The second-order valence-electron chi connectivity index (χ2n) is 5.90. The van der Waals surface area contributed by atoms with Crippen molar-refractivity contribution >= 4 is 38.9 Å². The van der Waals surface area contributed by atoms with Crippen LogP contribution in [0.5, 0.6) is 0 Å². The number of nitriles is 1. The largest absolute Gasteiger partial charge is 0.510 e. The number of para-hydroxylation sites is 1. The fourth-order valence-corrected chi connectivity index (χ4v) is 4.23. The number of hydrogen-bond acceptors (Lipinski definition) is 8. The molecule has 0 aliphatic heterocycles. The summed E-state index contributed by atoms with van der Waals surface area (Å²) >= 11 is 2.54. The van der Waals surface area contributed by atoms with Crippen molar-refractivity contribution in [2.75, 3.05) is 5.75 Å². The van der Waals surface area contributed by atoms with Crippen LogP contribution in [0.2, 0.25) is 0 Å². The molecule has 0 aliphatic carbocycles. The number of aliphatic hydroxyl groups excluding tert-OH is 1. The summed E-state index contributed by atoms with van der Waals surface area (Å²) in [5.74, 6) is 0.492. The number of thiazole rings is 1. The summed E-state index contributed by atoms with van der Waals surface area (Å²) in [6, 6.07) is 17.4. The van der Waals surface area contributed by atoms with Crippen LogP contribution in [-0.2, 0) is 0 Å². The van der Waals surface area contributed by atoms with Crippen LogP contribution in [0.4, 0.5) is 0 Å². The van der Waals surface area contributed by atoms with Gasteiger partial charge in [-0.1, -0.05) is 42.1 Å². The van der Waals surface area contributed by atoms with Gasteiger partial charge in [-0.25, -0.2) is 4.98 Å². The molecular weight excluding hydrogens is 392 g/mol. The predicted octanol–water partition coefficient (Wildman–Crippen LogP) is 5.24. The minimum atomic E-state index is -0.0674. The molecular formula is C20H14N4O2S2. The molecule has 4 aromatic rings. The zero-order valence-corrected chi connectivity index (χ0v) is 16.4. The number of fused-ring (bicyclic) bond motifs is 1. The van der Waals surface area contributed by atoms with Crippen molar-refractivity contribution in [2.45, 2.75) is 12.1 Å². The minimum Gasteiger partial charge on any atom is -0.510 e. The van der Waals surface area contributed by atoms with Gasteiger partial charge in [-0.3, -0.25) is 0 Å². The molecule has 0 aliphatic rings. The molecule has 0 spiro atoms. The van der Waals surface area contributed by atoms with Gasteiger partial charge in [-0.2, -0.15) is 5.26 Å². The van der Waals surface area contributed by atoms with E-state index in [9.17, 15) is 10.4 Å². The third-order valence-electron chi connectivity index (χ3n) is 4.02. The highest BCUT2D eigenvalue weighted by Crippen LogP contribution is 2.30. The predicted molar refractivity (Wildman–Crippen MR) is 110 cm³/mol. The van der Waals surface area contributed by atoms with Crippen LogP contribution in [0.15, 0.2) is 63.9 Å². The normalized spacial score (nSPS) is 12.0. The van der Waals surface area contributed by atoms with Crippen molar-refractivity contribution in [3.05, 3.63) is 64.9 Å². The molecule has 0 saturated carbocycles. The van der Waals surface area contributed by atoms with Gasteiger partial charge in [0.15, 0.2) is 0 Å². The van der Waals surface area contributed by atoms with Crippen LogP contribution in [-0.4, -0.2) is 26.0 Å². The standard InChI is InChI=1S/C20H14N4O2S2/c1-12-6-2-3-7-13(12)18-23-24-20(26-18)27-11-16(25)14(10-21)19-22-15-8-4-5-9-17(15)28-19/h2-9,25H,11H2,1H3/b16-14-. The number of aliphatic hydroxyl groups is 1. The molecule has 2 heterocycles. The summed E-state index contributed by atoms with van der Waals surface area (Å²) < 4.78 is 6.64. The third-order valence-corrected chi connectivity index (χ3v) is 5.91. The van der Waals surface area contributed by atoms with Gasteiger partial charge in [0.1, 0.15) is 22.4 Å². The lowest BCUT2D eigenvalue weighted by Crippen LogP contribution is -1.92. The molecule has 0 bridgehead atoms. The van der Waals surface area contributed by atoms with E-state index in [1.807, 2.05) is 55.5 Å². The van der Waals surface area contributed by atoms with Gasteiger partial charge in [-0.15, -0.1) is 21.5 Å². The van der Waals surface area contributed by atoms with E-state index < -0.39 is 0 Å². The lowest BCUT2D eigenvalue weighted by molar-refractivity contribution is 0.419. The molecule has 0 saturated heterocycles. The Kier molecular flexibility index (Phi) is 5.10. The molecule has 1 N–H and O–H groups in total. The minimum absolute atomic E-state index is 0.0674. The Morgan fingerprint density at radius 3 is 2.75 bits per heavy atom. The van der Waals surface area contributed by atoms with E-state index in [4.69, 9.17) is 4.42 Å². The molecule has 28 heavy (non-hydrogen) atoms. The third kappa shape index (κ3) is 3.63. The number of rotatable bonds is 5. The number of nitrogens with zero attached hydrogens (tertiary/aromatic N) is 4. The summed E-state index contributed by atoms with van der Waals surface area (Å²) in [7, 11) is 0. The summed E-state index contributed by atoms with van der Waals surface area (Å²) in [6.45, 7) is 1.97. The summed E-state index contributed by atoms with van der Waals surface area (Å²) in [4.78, 5) is 4.43. The first-order valence-corrected chi connectivity index (χ1v) is 10.2. The molecule has 138 valence electrons. The van der Waals surface area contributed by atoms with Crippen LogP contribution >= 0.6 is 23.1 Å². The van der Waals surface area contributed by atoms with Gasteiger partial charge >= 0.3 is 0 Å². The molecule has 6 nitrogen and oxygen atoms in total. The maximum absolute atomic E-state index is 10.4. The van der Waals surface area contributed by atoms with Crippen molar-refractivity contribution in [1.82, 2.24) is 15.2 Å². The monoisotopic (exact) mass is 406 g/mol. The topological polar surface area (TPSA) is 95.8 Å². The van der Waals surface area contributed by atoms with Gasteiger partial charge < -0.3 is 9.52 Å². The van der Waals surface area contributed by atoms with Gasteiger partial charge in [0.25, 0.3) is 5.22 Å². The number of aromatic nitrogens is 3. The Bertz CT molecular complexity index is 1190. The van der Waals surface area contributed by atoms with Crippen molar-refractivity contribution in [3.63, 3.8) is 0 Å². The molecule has 8 heteroatoms. The maximum atomic E-state index is 10.4. The molecule has 0 unspecified atom stereocenters. The quantitative estimate of drug-likeness (QED) is 0.275. The molecule has 0 radical (unpaired) electrons. The highest BCUT2D eigenvalue weighted by molar-refractivity contribution is 7.99. The number of thioether (sulfide) groups is 1. The highest BCUT2D eigenvalue weighted by Gasteiger charge is 2.16. The second kappa shape index (κ2) is 7.84. The zero-order valence-electron chi connectivity index (χ0n) is 14.8. The van der Waals surface area contributed by atoms with Crippen molar-refractivity contribution < 1.29 is 9.52 Å².